The van der Waals surface area contributed by atoms with E-state index in [-0.39, 0.29) is 0 Å². The maximum atomic E-state index is 9.00. The van der Waals surface area contributed by atoms with Crippen LogP contribution in [0.4, 0.5) is 0 Å². The molecule has 0 aliphatic heterocycles. The second-order valence-corrected chi connectivity index (χ2v) is 2.54. The molecule has 0 aromatic heterocycles. The van der Waals surface area contributed by atoms with E-state index in [0.717, 1.165) is 12.7 Å². The third kappa shape index (κ3) is 6.93. The number of methoxy groups -OCH3 is 1. The number of hydrogen-bond acceptors (Lipinski definition) is 2. The van der Waals surface area contributed by atoms with Crippen LogP contribution in [-0.4, -0.2) is 26.0 Å². The Morgan fingerprint density at radius 3 is 2.08 bits per heavy atom. The number of hydrogen-bond donors (Lipinski definition) is 1. The predicted octanol–water partition coefficient (Wildman–Crippen LogP) is 0.0445. The van der Waals surface area contributed by atoms with Crippen molar-refractivity contribution in [3.63, 3.8) is 0 Å². The first kappa shape index (κ1) is 11.6. The molecule has 0 unspecified atom stereocenters. The minimum absolute atomic E-state index is 0.833. The Morgan fingerprint density at radius 1 is 1.38 bits per heavy atom. The van der Waals surface area contributed by atoms with Crippen LogP contribution in [-0.2, 0) is 4.79 Å². The van der Waals surface area contributed by atoms with Gasteiger partial charge >= 0.3 is 0 Å². The fourth-order valence-electron chi connectivity index (χ4n) is 0.674. The van der Waals surface area contributed by atoms with Crippen molar-refractivity contribution in [1.29, 1.82) is 0 Å². The van der Waals surface area contributed by atoms with Gasteiger partial charge in [-0.3, -0.25) is 4.79 Å². The van der Waals surface area contributed by atoms with Gasteiger partial charge in [-0.15, -0.1) is 0 Å². The van der Waals surface area contributed by atoms with Crippen LogP contribution >= 0.6 is 0 Å². The standard InChI is InChI=1S/C7H9BO.C2H4O2/c1-9-7-4-2-6(8)3-5-7;1-2(3)4/h2-5H,8H2,1H3;1H3,(H,3,4). The number of carbonyl (C=O) groups is 1. The van der Waals surface area contributed by atoms with Gasteiger partial charge in [-0.25, -0.2) is 0 Å². The Morgan fingerprint density at radius 2 is 1.77 bits per heavy atom. The van der Waals surface area contributed by atoms with E-state index in [1.807, 2.05) is 24.3 Å². The summed E-state index contributed by atoms with van der Waals surface area (Å²) >= 11 is 0. The SMILES string of the molecule is Bc1ccc(OC)cc1.CC(=O)O. The summed E-state index contributed by atoms with van der Waals surface area (Å²) in [6.07, 6.45) is 0. The number of aliphatic carboxylic acids is 1. The van der Waals surface area contributed by atoms with Gasteiger partial charge in [0.1, 0.15) is 13.6 Å². The molecule has 1 rings (SSSR count). The normalized spacial score (nSPS) is 8.15. The Balaban J connectivity index is 0.000000310. The quantitative estimate of drug-likeness (QED) is 0.621. The zero-order valence-electron chi connectivity index (χ0n) is 8.07. The third-order valence-electron chi connectivity index (χ3n) is 1.26. The van der Waals surface area contributed by atoms with Crippen LogP contribution in [0.1, 0.15) is 6.92 Å². The minimum Gasteiger partial charge on any atom is -0.497 e. The summed E-state index contributed by atoms with van der Waals surface area (Å²) in [5, 5.41) is 7.42. The Bertz CT molecular complexity index is 252. The highest BCUT2D eigenvalue weighted by atomic mass is 16.5. The average Bonchev–Trinajstić information content (AvgIpc) is 2.05. The lowest BCUT2D eigenvalue weighted by molar-refractivity contribution is -0.134. The predicted molar refractivity (Wildman–Crippen MR) is 54.5 cm³/mol. The van der Waals surface area contributed by atoms with Gasteiger partial charge in [0.25, 0.3) is 5.97 Å². The minimum atomic E-state index is -0.833. The molecule has 1 aromatic carbocycles. The zero-order valence-corrected chi connectivity index (χ0v) is 8.07. The summed E-state index contributed by atoms with van der Waals surface area (Å²) in [6, 6.07) is 7.96. The van der Waals surface area contributed by atoms with E-state index < -0.39 is 5.97 Å². The Hall–Kier alpha value is -1.45. The molecule has 0 bridgehead atoms. The van der Waals surface area contributed by atoms with Crippen LogP contribution in [0.5, 0.6) is 5.75 Å². The van der Waals surface area contributed by atoms with Gasteiger partial charge in [0.05, 0.1) is 7.11 Å². The van der Waals surface area contributed by atoms with Crippen molar-refractivity contribution in [2.45, 2.75) is 6.92 Å². The van der Waals surface area contributed by atoms with Crippen LogP contribution in [0.2, 0.25) is 0 Å². The fourth-order valence-corrected chi connectivity index (χ4v) is 0.674. The molecule has 0 amide bonds. The van der Waals surface area contributed by atoms with Crippen molar-refractivity contribution in [2.75, 3.05) is 7.11 Å². The van der Waals surface area contributed by atoms with Crippen LogP contribution < -0.4 is 10.2 Å². The number of rotatable bonds is 1. The maximum absolute atomic E-state index is 9.00. The van der Waals surface area contributed by atoms with E-state index in [2.05, 4.69) is 7.85 Å². The highest BCUT2D eigenvalue weighted by Crippen LogP contribution is 2.04. The van der Waals surface area contributed by atoms with Gasteiger partial charge in [-0.2, -0.15) is 0 Å². The molecular formula is C9H13BO3. The van der Waals surface area contributed by atoms with E-state index in [9.17, 15) is 0 Å². The molecule has 1 N–H and O–H groups in total. The lowest BCUT2D eigenvalue weighted by Gasteiger charge is -1.97. The van der Waals surface area contributed by atoms with E-state index in [1.54, 1.807) is 7.11 Å². The van der Waals surface area contributed by atoms with E-state index in [4.69, 9.17) is 14.6 Å². The summed E-state index contributed by atoms with van der Waals surface area (Å²) in [5.41, 5.74) is 1.26. The van der Waals surface area contributed by atoms with Gasteiger partial charge in [-0.05, 0) is 12.1 Å². The fraction of sp³-hybridized carbons (Fsp3) is 0.222. The molecule has 70 valence electrons. The smallest absolute Gasteiger partial charge is 0.300 e. The molecule has 0 spiro atoms. The first-order valence-electron chi connectivity index (χ1n) is 3.86. The summed E-state index contributed by atoms with van der Waals surface area (Å²) in [6.45, 7) is 1.08. The van der Waals surface area contributed by atoms with Crippen LogP contribution in [0.3, 0.4) is 0 Å². The summed E-state index contributed by atoms with van der Waals surface area (Å²) in [4.78, 5) is 9.00. The molecule has 0 saturated heterocycles. The van der Waals surface area contributed by atoms with Crippen molar-refractivity contribution in [2.24, 2.45) is 0 Å². The Kier molecular flexibility index (Phi) is 5.43. The van der Waals surface area contributed by atoms with Gasteiger partial charge in [0, 0.05) is 6.92 Å². The van der Waals surface area contributed by atoms with Crippen molar-refractivity contribution in [3.05, 3.63) is 24.3 Å². The molecule has 4 heteroatoms. The molecule has 0 fully saturated rings. The first-order chi connectivity index (χ1) is 6.06. The highest BCUT2D eigenvalue weighted by Gasteiger charge is 1.85. The summed E-state index contributed by atoms with van der Waals surface area (Å²) in [5.74, 6) is 0.0839. The van der Waals surface area contributed by atoms with Gasteiger partial charge in [0.2, 0.25) is 0 Å². The van der Waals surface area contributed by atoms with E-state index >= 15 is 0 Å². The number of carboxylic acids is 1. The largest absolute Gasteiger partial charge is 0.497 e. The van der Waals surface area contributed by atoms with Gasteiger partial charge < -0.3 is 9.84 Å². The van der Waals surface area contributed by atoms with Gasteiger partial charge in [-0.1, -0.05) is 17.6 Å². The van der Waals surface area contributed by atoms with Crippen molar-refractivity contribution >= 4 is 19.3 Å². The second-order valence-electron chi connectivity index (χ2n) is 2.54. The number of carboxylic acid groups (broad SMARTS) is 1. The lowest BCUT2D eigenvalue weighted by Crippen LogP contribution is -1.99. The highest BCUT2D eigenvalue weighted by molar-refractivity contribution is 6.32. The number of ether oxygens (including phenoxy) is 1. The van der Waals surface area contributed by atoms with Crippen molar-refractivity contribution in [1.82, 2.24) is 0 Å². The van der Waals surface area contributed by atoms with E-state index in [0.29, 0.717) is 0 Å². The molecule has 0 heterocycles. The molecule has 0 atom stereocenters. The summed E-state index contributed by atoms with van der Waals surface area (Å²) in [7, 11) is 3.73. The van der Waals surface area contributed by atoms with Gasteiger partial charge in [0.15, 0.2) is 0 Å². The first-order valence-corrected chi connectivity index (χ1v) is 3.86. The van der Waals surface area contributed by atoms with Crippen LogP contribution in [0.15, 0.2) is 24.3 Å². The number of benzene rings is 1. The van der Waals surface area contributed by atoms with Crippen LogP contribution in [0.25, 0.3) is 0 Å². The zero-order chi connectivity index (χ0) is 10.3. The maximum Gasteiger partial charge on any atom is 0.300 e. The molecule has 13 heavy (non-hydrogen) atoms. The molecule has 1 aromatic rings. The topological polar surface area (TPSA) is 46.5 Å². The van der Waals surface area contributed by atoms with Crippen molar-refractivity contribution in [3.8, 4) is 5.75 Å². The molecule has 0 saturated carbocycles. The Labute approximate surface area is 78.8 Å². The molecule has 0 aliphatic carbocycles. The van der Waals surface area contributed by atoms with E-state index in [1.165, 1.54) is 5.46 Å². The second kappa shape index (κ2) is 6.11. The average molecular weight is 180 g/mol. The lowest BCUT2D eigenvalue weighted by atomic mass is 9.97. The van der Waals surface area contributed by atoms with Crippen molar-refractivity contribution < 1.29 is 14.6 Å². The summed E-state index contributed by atoms with van der Waals surface area (Å²) < 4.78 is 4.97. The molecular weight excluding hydrogens is 167 g/mol. The van der Waals surface area contributed by atoms with Crippen LogP contribution in [0, 0.1) is 0 Å². The molecule has 3 nitrogen and oxygen atoms in total. The molecule has 0 radical (unpaired) electrons. The third-order valence-corrected chi connectivity index (χ3v) is 1.26. The monoisotopic (exact) mass is 180 g/mol. The molecule has 0 aliphatic rings.